The van der Waals surface area contributed by atoms with Crippen LogP contribution in [0.1, 0.15) is 63.8 Å². The molecule has 2 rings (SSSR count). The number of carboxylic acid groups (broad SMARTS) is 1. The number of phenols is 1. The lowest BCUT2D eigenvalue weighted by molar-refractivity contribution is -0.143. The number of carboxylic acids is 1. The van der Waals surface area contributed by atoms with Crippen molar-refractivity contribution in [3.63, 3.8) is 0 Å². The van der Waals surface area contributed by atoms with Gasteiger partial charge in [0.2, 0.25) is 0 Å². The standard InChI is InChI=1S/C18H25NO5.C2H6/c1-6-12-13-9-19(17(23)24-18(3,4)5)14(16(21)22)8-11(13)7-10(2)15(12)20;1-2/h7,14,20H,6,8-9H2,1-5H3,(H,21,22);1-2H3. The number of ether oxygens (including phenoxy) is 1. The summed E-state index contributed by atoms with van der Waals surface area (Å²) in [6, 6.07) is 0.840. The second kappa shape index (κ2) is 8.43. The Labute approximate surface area is 155 Å². The molecule has 146 valence electrons. The van der Waals surface area contributed by atoms with E-state index in [0.717, 1.165) is 22.3 Å². The number of aliphatic carboxylic acids is 1. The number of hydrogen-bond acceptors (Lipinski definition) is 4. The van der Waals surface area contributed by atoms with Gasteiger partial charge in [0, 0.05) is 6.42 Å². The number of hydrogen-bond donors (Lipinski definition) is 2. The van der Waals surface area contributed by atoms with Gasteiger partial charge < -0.3 is 14.9 Å². The van der Waals surface area contributed by atoms with Crippen molar-refractivity contribution in [3.8, 4) is 5.75 Å². The van der Waals surface area contributed by atoms with Crippen molar-refractivity contribution in [1.82, 2.24) is 4.90 Å². The Balaban J connectivity index is 0.00000163. The molecule has 1 amide bonds. The lowest BCUT2D eigenvalue weighted by atomic mass is 9.87. The number of carbonyl (C=O) groups is 2. The van der Waals surface area contributed by atoms with Crippen molar-refractivity contribution >= 4 is 12.1 Å². The molecule has 1 aromatic rings. The first kappa shape index (κ1) is 21.8. The van der Waals surface area contributed by atoms with E-state index in [1.54, 1.807) is 27.7 Å². The Hall–Kier alpha value is -2.24. The Kier molecular flexibility index (Phi) is 7.07. The molecule has 1 aromatic carbocycles. The van der Waals surface area contributed by atoms with Gasteiger partial charge in [0.15, 0.2) is 0 Å². The molecule has 0 aliphatic carbocycles. The lowest BCUT2D eigenvalue weighted by Crippen LogP contribution is -2.50. The van der Waals surface area contributed by atoms with Crippen LogP contribution in [-0.2, 0) is 28.9 Å². The molecule has 1 heterocycles. The molecule has 0 radical (unpaired) electrons. The number of benzene rings is 1. The number of nitrogens with zero attached hydrogens (tertiary/aromatic N) is 1. The quantitative estimate of drug-likeness (QED) is 0.826. The molecular weight excluding hydrogens is 334 g/mol. The molecule has 1 atom stereocenters. The van der Waals surface area contributed by atoms with Gasteiger partial charge in [-0.05, 0) is 56.4 Å². The van der Waals surface area contributed by atoms with Crippen LogP contribution in [0.3, 0.4) is 0 Å². The molecular formula is C20H31NO5. The summed E-state index contributed by atoms with van der Waals surface area (Å²) in [4.78, 5) is 25.4. The lowest BCUT2D eigenvalue weighted by Gasteiger charge is -2.36. The summed E-state index contributed by atoms with van der Waals surface area (Å²) in [6.45, 7) is 13.1. The van der Waals surface area contributed by atoms with Crippen LogP contribution in [0, 0.1) is 6.92 Å². The van der Waals surface area contributed by atoms with Crippen molar-refractivity contribution in [2.45, 2.75) is 79.5 Å². The number of amides is 1. The van der Waals surface area contributed by atoms with Crippen molar-refractivity contribution in [2.75, 3.05) is 0 Å². The molecule has 0 spiro atoms. The zero-order chi connectivity index (χ0) is 20.2. The zero-order valence-electron chi connectivity index (χ0n) is 16.8. The third-order valence-corrected chi connectivity index (χ3v) is 4.19. The van der Waals surface area contributed by atoms with Crippen LogP contribution in [0.25, 0.3) is 0 Å². The average molecular weight is 365 g/mol. The first-order chi connectivity index (χ1) is 12.0. The minimum Gasteiger partial charge on any atom is -0.507 e. The Morgan fingerprint density at radius 3 is 2.35 bits per heavy atom. The molecule has 1 aliphatic rings. The van der Waals surface area contributed by atoms with Gasteiger partial charge in [0.1, 0.15) is 17.4 Å². The highest BCUT2D eigenvalue weighted by atomic mass is 16.6. The Morgan fingerprint density at radius 2 is 1.88 bits per heavy atom. The molecule has 0 aromatic heterocycles. The summed E-state index contributed by atoms with van der Waals surface area (Å²) in [5.41, 5.74) is 2.48. The SMILES string of the molecule is CC.CCc1c(O)c(C)cc2c1CN(C(=O)OC(C)(C)C)C(C(=O)O)C2. The molecule has 2 N–H and O–H groups in total. The fourth-order valence-electron chi connectivity index (χ4n) is 3.08. The summed E-state index contributed by atoms with van der Waals surface area (Å²) in [5, 5.41) is 19.8. The summed E-state index contributed by atoms with van der Waals surface area (Å²) in [6.07, 6.45) is 0.163. The minimum absolute atomic E-state index is 0.123. The van der Waals surface area contributed by atoms with E-state index in [-0.39, 0.29) is 18.7 Å². The fourth-order valence-corrected chi connectivity index (χ4v) is 3.08. The highest BCUT2D eigenvalue weighted by molar-refractivity contribution is 5.81. The minimum atomic E-state index is -1.06. The van der Waals surface area contributed by atoms with E-state index in [2.05, 4.69) is 0 Å². The molecule has 1 unspecified atom stereocenters. The van der Waals surface area contributed by atoms with Crippen molar-refractivity contribution < 1.29 is 24.5 Å². The van der Waals surface area contributed by atoms with Crippen LogP contribution in [0.4, 0.5) is 4.79 Å². The highest BCUT2D eigenvalue weighted by Gasteiger charge is 2.38. The number of aryl methyl sites for hydroxylation is 1. The van der Waals surface area contributed by atoms with E-state index < -0.39 is 23.7 Å². The summed E-state index contributed by atoms with van der Waals surface area (Å²) in [5.74, 6) is -0.843. The van der Waals surface area contributed by atoms with E-state index in [9.17, 15) is 19.8 Å². The normalized spacial score (nSPS) is 16.3. The molecule has 0 saturated heterocycles. The Morgan fingerprint density at radius 1 is 1.31 bits per heavy atom. The van der Waals surface area contributed by atoms with Gasteiger partial charge in [0.05, 0.1) is 6.54 Å². The monoisotopic (exact) mass is 365 g/mol. The van der Waals surface area contributed by atoms with E-state index in [4.69, 9.17) is 4.74 Å². The maximum absolute atomic E-state index is 12.5. The summed E-state index contributed by atoms with van der Waals surface area (Å²) in [7, 11) is 0. The average Bonchev–Trinajstić information content (AvgIpc) is 2.55. The van der Waals surface area contributed by atoms with Crippen molar-refractivity contribution in [2.24, 2.45) is 0 Å². The summed E-state index contributed by atoms with van der Waals surface area (Å²) < 4.78 is 5.36. The molecule has 1 aliphatic heterocycles. The largest absolute Gasteiger partial charge is 0.507 e. The van der Waals surface area contributed by atoms with Gasteiger partial charge in [-0.15, -0.1) is 0 Å². The predicted molar refractivity (Wildman–Crippen MR) is 100 cm³/mol. The number of phenolic OH excluding ortho intramolecular Hbond substituents is 1. The first-order valence-electron chi connectivity index (χ1n) is 9.10. The molecule has 26 heavy (non-hydrogen) atoms. The number of rotatable bonds is 2. The maximum Gasteiger partial charge on any atom is 0.411 e. The number of fused-ring (bicyclic) bond motifs is 1. The van der Waals surface area contributed by atoms with E-state index in [0.29, 0.717) is 6.42 Å². The Bertz CT molecular complexity index is 676. The van der Waals surface area contributed by atoms with Crippen LogP contribution in [0.5, 0.6) is 5.75 Å². The van der Waals surface area contributed by atoms with Gasteiger partial charge in [-0.3, -0.25) is 4.90 Å². The second-order valence-electron chi connectivity index (χ2n) is 7.18. The molecule has 0 saturated carbocycles. The molecule has 0 bridgehead atoms. The first-order valence-corrected chi connectivity index (χ1v) is 9.10. The van der Waals surface area contributed by atoms with Crippen molar-refractivity contribution in [1.29, 1.82) is 0 Å². The molecule has 6 nitrogen and oxygen atoms in total. The summed E-state index contributed by atoms with van der Waals surface area (Å²) >= 11 is 0. The third kappa shape index (κ3) is 4.68. The van der Waals surface area contributed by atoms with Crippen LogP contribution in [0.2, 0.25) is 0 Å². The van der Waals surface area contributed by atoms with Crippen LogP contribution in [0.15, 0.2) is 6.07 Å². The molecule has 6 heteroatoms. The van der Waals surface area contributed by atoms with Gasteiger partial charge in [0.25, 0.3) is 0 Å². The predicted octanol–water partition coefficient (Wildman–Crippen LogP) is 4.04. The van der Waals surface area contributed by atoms with E-state index in [1.165, 1.54) is 4.90 Å². The van der Waals surface area contributed by atoms with Gasteiger partial charge >= 0.3 is 12.1 Å². The number of aromatic hydroxyl groups is 1. The van der Waals surface area contributed by atoms with Crippen LogP contribution < -0.4 is 0 Å². The maximum atomic E-state index is 12.5. The molecule has 0 fully saturated rings. The third-order valence-electron chi connectivity index (χ3n) is 4.19. The second-order valence-corrected chi connectivity index (χ2v) is 7.18. The van der Waals surface area contributed by atoms with E-state index in [1.807, 2.05) is 26.8 Å². The van der Waals surface area contributed by atoms with Crippen molar-refractivity contribution in [3.05, 3.63) is 28.3 Å². The number of carbonyl (C=O) groups excluding carboxylic acids is 1. The van der Waals surface area contributed by atoms with Gasteiger partial charge in [-0.25, -0.2) is 9.59 Å². The zero-order valence-corrected chi connectivity index (χ0v) is 16.8. The van der Waals surface area contributed by atoms with Crippen LogP contribution in [-0.4, -0.2) is 38.8 Å². The van der Waals surface area contributed by atoms with Crippen LogP contribution >= 0.6 is 0 Å². The smallest absolute Gasteiger partial charge is 0.411 e. The van der Waals surface area contributed by atoms with Gasteiger partial charge in [-0.2, -0.15) is 0 Å². The van der Waals surface area contributed by atoms with Gasteiger partial charge in [-0.1, -0.05) is 26.8 Å². The van der Waals surface area contributed by atoms with E-state index >= 15 is 0 Å². The highest BCUT2D eigenvalue weighted by Crippen LogP contribution is 2.35. The fraction of sp³-hybridized carbons (Fsp3) is 0.600. The topological polar surface area (TPSA) is 87.1 Å².